The number of amides is 1. The number of rotatable bonds is 10. The monoisotopic (exact) mass is 569 g/mol. The summed E-state index contributed by atoms with van der Waals surface area (Å²) in [6.07, 6.45) is 1.77. The minimum atomic E-state index is -0.159. The number of carbonyl (C=O) groups excluding carboxylic acids is 1. The van der Waals surface area contributed by atoms with Crippen LogP contribution in [0.1, 0.15) is 17.0 Å². The van der Waals surface area contributed by atoms with E-state index in [4.69, 9.17) is 4.74 Å². The number of nitrogens with one attached hydrogen (secondary N) is 1. The van der Waals surface area contributed by atoms with Gasteiger partial charge in [-0.05, 0) is 43.2 Å². The fourth-order valence-electron chi connectivity index (χ4n) is 3.22. The number of ether oxygens (including phenoxy) is 1. The predicted molar refractivity (Wildman–Crippen MR) is 145 cm³/mol. The molecule has 0 aliphatic rings. The SMILES string of the molecule is C=CCn1c(COc2cc(C)ccc2C)nnc1SCC(=O)Nc1nc(-c2ccc(Br)cc2)cs1. The van der Waals surface area contributed by atoms with Crippen molar-refractivity contribution in [1.29, 1.82) is 0 Å². The van der Waals surface area contributed by atoms with Crippen molar-refractivity contribution in [2.75, 3.05) is 11.1 Å². The lowest BCUT2D eigenvalue weighted by atomic mass is 10.1. The first-order valence-electron chi connectivity index (χ1n) is 10.8. The van der Waals surface area contributed by atoms with Gasteiger partial charge >= 0.3 is 0 Å². The Kier molecular flexibility index (Phi) is 8.37. The highest BCUT2D eigenvalue weighted by Crippen LogP contribution is 2.27. The molecule has 2 aromatic heterocycles. The molecule has 2 heterocycles. The number of benzene rings is 2. The Bertz CT molecular complexity index is 1330. The number of hydrogen-bond donors (Lipinski definition) is 1. The number of aromatic nitrogens is 4. The van der Waals surface area contributed by atoms with E-state index >= 15 is 0 Å². The van der Waals surface area contributed by atoms with E-state index in [1.54, 1.807) is 6.08 Å². The Morgan fingerprint density at radius 1 is 1.23 bits per heavy atom. The van der Waals surface area contributed by atoms with Crippen LogP contribution in [-0.2, 0) is 17.9 Å². The summed E-state index contributed by atoms with van der Waals surface area (Å²) in [6.45, 7) is 8.66. The molecule has 4 rings (SSSR count). The molecule has 0 radical (unpaired) electrons. The smallest absolute Gasteiger partial charge is 0.236 e. The largest absolute Gasteiger partial charge is 0.485 e. The summed E-state index contributed by atoms with van der Waals surface area (Å²) < 4.78 is 8.91. The summed E-state index contributed by atoms with van der Waals surface area (Å²) >= 11 is 6.14. The van der Waals surface area contributed by atoms with E-state index in [1.807, 2.05) is 60.2 Å². The van der Waals surface area contributed by atoms with E-state index in [9.17, 15) is 4.79 Å². The van der Waals surface area contributed by atoms with E-state index in [0.29, 0.717) is 22.7 Å². The lowest BCUT2D eigenvalue weighted by Crippen LogP contribution is -2.15. The average Bonchev–Trinajstić information content (AvgIpc) is 3.46. The van der Waals surface area contributed by atoms with Crippen LogP contribution < -0.4 is 10.1 Å². The molecule has 35 heavy (non-hydrogen) atoms. The number of thioether (sulfide) groups is 1. The second-order valence-electron chi connectivity index (χ2n) is 7.74. The van der Waals surface area contributed by atoms with Crippen molar-refractivity contribution in [3.05, 3.63) is 81.9 Å². The standard InChI is InChI=1S/C25H24BrN5O2S2/c1-4-11-31-22(13-33-21-12-16(2)5-6-17(21)3)29-30-25(31)35-15-23(32)28-24-27-20(14-34-24)18-7-9-19(26)10-8-18/h4-10,12,14H,1,11,13,15H2,2-3H3,(H,27,28,32). The molecule has 1 amide bonds. The molecule has 0 atom stereocenters. The minimum Gasteiger partial charge on any atom is -0.485 e. The third-order valence-corrected chi connectivity index (χ3v) is 7.28. The highest BCUT2D eigenvalue weighted by molar-refractivity contribution is 9.10. The van der Waals surface area contributed by atoms with Crippen LogP contribution in [0, 0.1) is 13.8 Å². The molecule has 0 saturated carbocycles. The first kappa shape index (κ1) is 25.2. The fourth-order valence-corrected chi connectivity index (χ4v) is 4.99. The first-order chi connectivity index (χ1) is 16.9. The van der Waals surface area contributed by atoms with Gasteiger partial charge < -0.3 is 10.1 Å². The Morgan fingerprint density at radius 2 is 2.03 bits per heavy atom. The Balaban J connectivity index is 1.36. The molecular formula is C25H24BrN5O2S2. The molecule has 180 valence electrons. The van der Waals surface area contributed by atoms with Gasteiger partial charge in [-0.2, -0.15) is 0 Å². The van der Waals surface area contributed by atoms with Gasteiger partial charge in [0.2, 0.25) is 5.91 Å². The maximum absolute atomic E-state index is 12.6. The molecule has 0 aliphatic carbocycles. The number of nitrogens with zero attached hydrogens (tertiary/aromatic N) is 4. The zero-order valence-corrected chi connectivity index (χ0v) is 22.5. The van der Waals surface area contributed by atoms with Crippen molar-refractivity contribution in [2.45, 2.75) is 32.2 Å². The van der Waals surface area contributed by atoms with E-state index in [0.717, 1.165) is 32.6 Å². The Labute approximate surface area is 220 Å². The highest BCUT2D eigenvalue weighted by atomic mass is 79.9. The van der Waals surface area contributed by atoms with Gasteiger partial charge in [0.25, 0.3) is 0 Å². The van der Waals surface area contributed by atoms with Gasteiger partial charge in [-0.25, -0.2) is 4.98 Å². The van der Waals surface area contributed by atoms with Crippen LogP contribution >= 0.6 is 39.0 Å². The maximum Gasteiger partial charge on any atom is 0.236 e. The van der Waals surface area contributed by atoms with Crippen molar-refractivity contribution < 1.29 is 9.53 Å². The van der Waals surface area contributed by atoms with Crippen molar-refractivity contribution in [2.24, 2.45) is 0 Å². The number of halogens is 1. The Morgan fingerprint density at radius 3 is 2.80 bits per heavy atom. The Hall–Kier alpha value is -2.95. The van der Waals surface area contributed by atoms with Crippen LogP contribution in [0.2, 0.25) is 0 Å². The van der Waals surface area contributed by atoms with Gasteiger partial charge in [0.1, 0.15) is 12.4 Å². The summed E-state index contributed by atoms with van der Waals surface area (Å²) in [7, 11) is 0. The van der Waals surface area contributed by atoms with Crippen LogP contribution in [0.15, 0.2) is 70.1 Å². The third-order valence-electron chi connectivity index (χ3n) is 5.03. The molecular weight excluding hydrogens is 546 g/mol. The van der Waals surface area contributed by atoms with E-state index < -0.39 is 0 Å². The van der Waals surface area contributed by atoms with Gasteiger partial charge in [-0.1, -0.05) is 58.0 Å². The first-order valence-corrected chi connectivity index (χ1v) is 13.5. The lowest BCUT2D eigenvalue weighted by molar-refractivity contribution is -0.113. The summed E-state index contributed by atoms with van der Waals surface area (Å²) in [4.78, 5) is 17.1. The van der Waals surface area contributed by atoms with Crippen LogP contribution in [-0.4, -0.2) is 31.4 Å². The molecule has 10 heteroatoms. The quantitative estimate of drug-likeness (QED) is 0.179. The number of allylic oxidation sites excluding steroid dienone is 1. The van der Waals surface area contributed by atoms with E-state index in [1.165, 1.54) is 23.1 Å². The zero-order valence-electron chi connectivity index (χ0n) is 19.3. The van der Waals surface area contributed by atoms with Gasteiger partial charge in [0.15, 0.2) is 16.1 Å². The predicted octanol–water partition coefficient (Wildman–Crippen LogP) is 6.28. The molecule has 1 N–H and O–H groups in total. The van der Waals surface area contributed by atoms with Crippen molar-refractivity contribution in [1.82, 2.24) is 19.7 Å². The van der Waals surface area contributed by atoms with Crippen molar-refractivity contribution >= 4 is 50.1 Å². The topological polar surface area (TPSA) is 81.9 Å². The molecule has 0 unspecified atom stereocenters. The minimum absolute atomic E-state index is 0.159. The van der Waals surface area contributed by atoms with Gasteiger partial charge in [-0.3, -0.25) is 9.36 Å². The molecule has 7 nitrogen and oxygen atoms in total. The highest BCUT2D eigenvalue weighted by Gasteiger charge is 2.15. The molecule has 0 bridgehead atoms. The number of thiazole rings is 1. The van der Waals surface area contributed by atoms with Crippen LogP contribution in [0.25, 0.3) is 11.3 Å². The fraction of sp³-hybridized carbons (Fsp3) is 0.200. The van der Waals surface area contributed by atoms with Gasteiger partial charge in [0, 0.05) is 22.0 Å². The lowest BCUT2D eigenvalue weighted by Gasteiger charge is -2.11. The number of hydrogen-bond acceptors (Lipinski definition) is 7. The maximum atomic E-state index is 12.6. The number of anilines is 1. The molecule has 0 aliphatic heterocycles. The summed E-state index contributed by atoms with van der Waals surface area (Å²) in [6, 6.07) is 14.0. The second kappa shape index (κ2) is 11.7. The zero-order chi connectivity index (χ0) is 24.8. The van der Waals surface area contributed by atoms with Gasteiger partial charge in [0.05, 0.1) is 11.4 Å². The van der Waals surface area contributed by atoms with Crippen molar-refractivity contribution in [3.8, 4) is 17.0 Å². The van der Waals surface area contributed by atoms with E-state index in [2.05, 4.69) is 49.1 Å². The van der Waals surface area contributed by atoms with Crippen LogP contribution in [0.4, 0.5) is 5.13 Å². The number of aryl methyl sites for hydroxylation is 2. The molecule has 0 saturated heterocycles. The van der Waals surface area contributed by atoms with Crippen LogP contribution in [0.5, 0.6) is 5.75 Å². The normalized spacial score (nSPS) is 10.8. The van der Waals surface area contributed by atoms with E-state index in [-0.39, 0.29) is 18.3 Å². The van der Waals surface area contributed by atoms with Crippen molar-refractivity contribution in [3.63, 3.8) is 0 Å². The number of carbonyl (C=O) groups is 1. The third kappa shape index (κ3) is 6.59. The van der Waals surface area contributed by atoms with Crippen LogP contribution in [0.3, 0.4) is 0 Å². The molecule has 0 spiro atoms. The average molecular weight is 571 g/mol. The molecule has 0 fully saturated rings. The molecule has 4 aromatic rings. The summed E-state index contributed by atoms with van der Waals surface area (Å²) in [5, 5.41) is 14.5. The summed E-state index contributed by atoms with van der Waals surface area (Å²) in [5.74, 6) is 1.51. The molecule has 2 aromatic carbocycles. The van der Waals surface area contributed by atoms with Gasteiger partial charge in [-0.15, -0.1) is 28.1 Å². The second-order valence-corrected chi connectivity index (χ2v) is 10.5. The summed E-state index contributed by atoms with van der Waals surface area (Å²) in [5.41, 5.74) is 4.00.